The van der Waals surface area contributed by atoms with Crippen molar-refractivity contribution in [3.8, 4) is 0 Å². The third-order valence-corrected chi connectivity index (χ3v) is 4.35. The fourth-order valence-electron chi connectivity index (χ4n) is 3.07. The van der Waals surface area contributed by atoms with Gasteiger partial charge in [0.25, 0.3) is 0 Å². The highest BCUT2D eigenvalue weighted by molar-refractivity contribution is 5.88. The van der Waals surface area contributed by atoms with Crippen molar-refractivity contribution in [2.24, 2.45) is 0 Å². The van der Waals surface area contributed by atoms with E-state index in [0.29, 0.717) is 18.4 Å². The minimum Gasteiger partial charge on any atom is -0.389 e. The lowest BCUT2D eigenvalue weighted by molar-refractivity contribution is 0.0618. The number of nitrogens with two attached hydrogens (primary N) is 1. The molecule has 0 radical (unpaired) electrons. The summed E-state index contributed by atoms with van der Waals surface area (Å²) >= 11 is 0. The summed E-state index contributed by atoms with van der Waals surface area (Å²) in [5.74, 6) is 2.15. The zero-order valence-corrected chi connectivity index (χ0v) is 17.5. The number of nitrogens with one attached hydrogen (secondary N) is 2. The summed E-state index contributed by atoms with van der Waals surface area (Å²) in [6.07, 6.45) is 4.01. The summed E-state index contributed by atoms with van der Waals surface area (Å²) in [6, 6.07) is 2.49. The second kappa shape index (κ2) is 9.37. The second-order valence-corrected chi connectivity index (χ2v) is 8.18. The molecule has 0 unspecified atom stereocenters. The van der Waals surface area contributed by atoms with Gasteiger partial charge in [0.2, 0.25) is 0 Å². The van der Waals surface area contributed by atoms with E-state index in [4.69, 9.17) is 10.7 Å². The number of aryl methyl sites for hydroxylation is 1. The zero-order chi connectivity index (χ0) is 20.0. The quantitative estimate of drug-likeness (QED) is 0.450. The number of aromatic nitrogens is 3. The van der Waals surface area contributed by atoms with Gasteiger partial charge in [-0.15, -0.1) is 0 Å². The lowest BCUT2D eigenvalue weighted by Gasteiger charge is -2.20. The van der Waals surface area contributed by atoms with Crippen LogP contribution >= 0.6 is 0 Å². The molecule has 0 aromatic carbocycles. The van der Waals surface area contributed by atoms with Gasteiger partial charge in [0.15, 0.2) is 5.82 Å². The van der Waals surface area contributed by atoms with Gasteiger partial charge in [-0.1, -0.05) is 27.2 Å². The Morgan fingerprint density at radius 3 is 2.59 bits per heavy atom. The molecule has 7 nitrogen and oxygen atoms in total. The molecule has 2 rings (SSSR count). The number of aliphatic hydroxyl groups is 1. The van der Waals surface area contributed by atoms with Crippen molar-refractivity contribution < 1.29 is 5.11 Å². The van der Waals surface area contributed by atoms with E-state index < -0.39 is 5.60 Å². The van der Waals surface area contributed by atoms with E-state index in [9.17, 15) is 5.11 Å². The Balaban J connectivity index is 2.25. The molecule has 0 aliphatic heterocycles. The van der Waals surface area contributed by atoms with Crippen LogP contribution in [-0.2, 0) is 13.0 Å². The van der Waals surface area contributed by atoms with Gasteiger partial charge in [-0.05, 0) is 33.2 Å². The molecule has 0 fully saturated rings. The maximum Gasteiger partial charge on any atom is 0.154 e. The smallest absolute Gasteiger partial charge is 0.154 e. The topological polar surface area (TPSA) is 101 Å². The first-order chi connectivity index (χ1) is 12.7. The van der Waals surface area contributed by atoms with Crippen LogP contribution in [0.3, 0.4) is 0 Å². The molecule has 0 aliphatic rings. The number of anilines is 2. The van der Waals surface area contributed by atoms with Gasteiger partial charge in [-0.3, -0.25) is 0 Å². The van der Waals surface area contributed by atoms with Gasteiger partial charge in [-0.25, -0.2) is 9.97 Å². The Labute approximate surface area is 162 Å². The van der Waals surface area contributed by atoms with Crippen molar-refractivity contribution in [2.45, 2.75) is 78.5 Å². The summed E-state index contributed by atoms with van der Waals surface area (Å²) in [5, 5.41) is 17.1. The molecule has 152 valence electrons. The van der Waals surface area contributed by atoms with Crippen LogP contribution in [0.25, 0.3) is 11.0 Å². The Morgan fingerprint density at radius 1 is 1.22 bits per heavy atom. The number of hydrogen-bond donors (Lipinski definition) is 4. The number of nitrogen functional groups attached to an aromatic ring is 1. The molecule has 0 aliphatic carbocycles. The number of imidazole rings is 1. The predicted molar refractivity (Wildman–Crippen MR) is 113 cm³/mol. The highest BCUT2D eigenvalue weighted by Gasteiger charge is 2.21. The van der Waals surface area contributed by atoms with E-state index in [-0.39, 0.29) is 0 Å². The number of nitrogens with zero attached hydrogens (tertiary/aromatic N) is 3. The van der Waals surface area contributed by atoms with E-state index >= 15 is 0 Å². The third-order valence-electron chi connectivity index (χ3n) is 4.35. The molecular formula is C20H36N6O. The number of fused-ring (bicyclic) bond motifs is 1. The Hall–Kier alpha value is -1.86. The van der Waals surface area contributed by atoms with Crippen LogP contribution in [0.4, 0.5) is 11.6 Å². The Bertz CT molecular complexity index is 732. The van der Waals surface area contributed by atoms with Crippen LogP contribution in [0.2, 0.25) is 0 Å². The third kappa shape index (κ3) is 6.36. The van der Waals surface area contributed by atoms with Crippen molar-refractivity contribution in [1.29, 1.82) is 0 Å². The summed E-state index contributed by atoms with van der Waals surface area (Å²) in [6.45, 7) is 12.3. The average molecular weight is 377 g/mol. The summed E-state index contributed by atoms with van der Waals surface area (Å²) in [4.78, 5) is 9.20. The maximum atomic E-state index is 10.4. The highest BCUT2D eigenvalue weighted by atomic mass is 16.3. The first kappa shape index (κ1) is 21.4. The molecule has 0 bridgehead atoms. The van der Waals surface area contributed by atoms with Crippen molar-refractivity contribution >= 4 is 22.7 Å². The fourth-order valence-corrected chi connectivity index (χ4v) is 3.07. The molecule has 27 heavy (non-hydrogen) atoms. The van der Waals surface area contributed by atoms with Gasteiger partial charge in [-0.2, -0.15) is 0 Å². The molecule has 7 heteroatoms. The van der Waals surface area contributed by atoms with Crippen molar-refractivity contribution in [3.05, 3.63) is 11.9 Å². The highest BCUT2D eigenvalue weighted by Crippen LogP contribution is 2.26. The predicted octanol–water partition coefficient (Wildman–Crippen LogP) is 2.93. The van der Waals surface area contributed by atoms with Crippen LogP contribution < -0.4 is 16.4 Å². The van der Waals surface area contributed by atoms with Crippen molar-refractivity contribution in [3.63, 3.8) is 0 Å². The fraction of sp³-hybridized carbons (Fsp3) is 0.700. The second-order valence-electron chi connectivity index (χ2n) is 8.18. The van der Waals surface area contributed by atoms with E-state index in [1.165, 1.54) is 0 Å². The Morgan fingerprint density at radius 2 is 1.96 bits per heavy atom. The van der Waals surface area contributed by atoms with Crippen LogP contribution in [0.5, 0.6) is 0 Å². The molecule has 0 spiro atoms. The van der Waals surface area contributed by atoms with E-state index in [1.807, 2.05) is 19.9 Å². The van der Waals surface area contributed by atoms with Crippen molar-refractivity contribution in [2.75, 3.05) is 24.1 Å². The summed E-state index contributed by atoms with van der Waals surface area (Å²) < 4.78 is 2.09. The molecule has 5 N–H and O–H groups in total. The molecular weight excluding hydrogens is 340 g/mol. The molecule has 2 heterocycles. The van der Waals surface area contributed by atoms with Crippen molar-refractivity contribution in [1.82, 2.24) is 19.9 Å². The Kier molecular flexibility index (Phi) is 7.44. The molecule has 2 aromatic heterocycles. The van der Waals surface area contributed by atoms with Gasteiger partial charge in [0, 0.05) is 25.1 Å². The van der Waals surface area contributed by atoms with E-state index in [0.717, 1.165) is 61.4 Å². The van der Waals surface area contributed by atoms with Crippen LogP contribution in [0.1, 0.15) is 59.7 Å². The van der Waals surface area contributed by atoms with Crippen LogP contribution in [0.15, 0.2) is 6.07 Å². The number of pyridine rings is 1. The van der Waals surface area contributed by atoms with Gasteiger partial charge in [0.05, 0.1) is 17.7 Å². The van der Waals surface area contributed by atoms with Gasteiger partial charge < -0.3 is 26.0 Å². The standard InChI is InChI=1S/C20H36N6O/c1-6-7-9-17-25-18-15(26(17)13-20(4,5)27)12-16(24-19(18)21)23-11-8-10-22-14(2)3/h12,14,22,27H,6-11,13H2,1-5H3,(H3,21,23,24). The monoisotopic (exact) mass is 376 g/mol. The van der Waals surface area contributed by atoms with Crippen LogP contribution in [0, 0.1) is 0 Å². The molecule has 0 saturated carbocycles. The number of unbranched alkanes of at least 4 members (excludes halogenated alkanes) is 1. The zero-order valence-electron chi connectivity index (χ0n) is 17.5. The average Bonchev–Trinajstić information content (AvgIpc) is 2.89. The van der Waals surface area contributed by atoms with Crippen LogP contribution in [-0.4, -0.2) is 44.4 Å². The SMILES string of the molecule is CCCCc1nc2c(N)nc(NCCCNC(C)C)cc2n1CC(C)(C)O. The first-order valence-corrected chi connectivity index (χ1v) is 10.1. The maximum absolute atomic E-state index is 10.4. The van der Waals surface area contributed by atoms with E-state index in [1.54, 1.807) is 0 Å². The number of rotatable bonds is 11. The molecule has 0 atom stereocenters. The minimum atomic E-state index is -0.831. The lowest BCUT2D eigenvalue weighted by atomic mass is 10.1. The molecule has 0 saturated heterocycles. The molecule has 2 aromatic rings. The van der Waals surface area contributed by atoms with Gasteiger partial charge >= 0.3 is 0 Å². The lowest BCUT2D eigenvalue weighted by Crippen LogP contribution is -2.27. The molecule has 0 amide bonds. The number of hydrogen-bond acceptors (Lipinski definition) is 6. The summed E-state index contributed by atoms with van der Waals surface area (Å²) in [5.41, 5.74) is 7.02. The largest absolute Gasteiger partial charge is 0.389 e. The normalized spacial score (nSPS) is 12.3. The minimum absolute atomic E-state index is 0.433. The van der Waals surface area contributed by atoms with E-state index in [2.05, 4.69) is 41.0 Å². The first-order valence-electron chi connectivity index (χ1n) is 10.1. The summed E-state index contributed by atoms with van der Waals surface area (Å²) in [7, 11) is 0. The van der Waals surface area contributed by atoms with Gasteiger partial charge in [0.1, 0.15) is 17.2 Å².